The molecule has 2 rings (SSSR count). The molecule has 0 atom stereocenters. The van der Waals surface area contributed by atoms with Crippen LogP contribution < -0.4 is 0 Å². The van der Waals surface area contributed by atoms with Crippen molar-refractivity contribution in [2.24, 2.45) is 0 Å². The summed E-state index contributed by atoms with van der Waals surface area (Å²) in [6, 6.07) is 6.75. The molecule has 1 aromatic carbocycles. The van der Waals surface area contributed by atoms with E-state index in [1.807, 2.05) is 20.8 Å². The van der Waals surface area contributed by atoms with Crippen LogP contribution in [0.4, 0.5) is 0 Å². The molecule has 0 saturated heterocycles. The van der Waals surface area contributed by atoms with Crippen LogP contribution in [0.3, 0.4) is 0 Å². The molecule has 96 valence electrons. The van der Waals surface area contributed by atoms with Gasteiger partial charge in [-0.3, -0.25) is 0 Å². The Morgan fingerprint density at radius 3 is 2.28 bits per heavy atom. The molecule has 0 fully saturated rings. The average Bonchev–Trinajstić information content (AvgIpc) is 2.79. The molecule has 0 radical (unpaired) electrons. The number of rotatable bonds is 3. The van der Waals surface area contributed by atoms with Gasteiger partial charge in [-0.2, -0.15) is 4.37 Å². The van der Waals surface area contributed by atoms with Crippen molar-refractivity contribution in [1.82, 2.24) is 9.36 Å². The van der Waals surface area contributed by atoms with Gasteiger partial charge in [-0.25, -0.2) is 13.4 Å². The van der Waals surface area contributed by atoms with Crippen LogP contribution in [0.1, 0.15) is 31.2 Å². The maximum atomic E-state index is 12.3. The van der Waals surface area contributed by atoms with E-state index in [0.717, 1.165) is 17.1 Å². The van der Waals surface area contributed by atoms with E-state index >= 15 is 0 Å². The van der Waals surface area contributed by atoms with E-state index in [-0.39, 0.29) is 15.2 Å². The molecule has 0 N–H and O–H groups in total. The fraction of sp³-hybridized carbons (Fsp3) is 0.333. The van der Waals surface area contributed by atoms with Crippen LogP contribution in [-0.2, 0) is 9.84 Å². The zero-order valence-corrected chi connectivity index (χ0v) is 12.0. The second-order valence-corrected chi connectivity index (χ2v) is 7.26. The maximum Gasteiger partial charge on any atom is 0.235 e. The predicted octanol–water partition coefficient (Wildman–Crippen LogP) is 2.80. The predicted molar refractivity (Wildman–Crippen MR) is 70.6 cm³/mol. The molecule has 0 saturated carbocycles. The molecule has 0 spiro atoms. The Bertz CT molecular complexity index is 643. The average molecular weight is 282 g/mol. The molecular formula is C12H14N2O2S2. The fourth-order valence-electron chi connectivity index (χ4n) is 1.38. The largest absolute Gasteiger partial charge is 0.235 e. The van der Waals surface area contributed by atoms with Crippen molar-refractivity contribution in [2.75, 3.05) is 0 Å². The number of aryl methyl sites for hydroxylation is 1. The summed E-state index contributed by atoms with van der Waals surface area (Å²) in [6.45, 7) is 5.78. The number of aromatic nitrogens is 2. The van der Waals surface area contributed by atoms with Gasteiger partial charge in [0, 0.05) is 5.92 Å². The Balaban J connectivity index is 2.44. The number of nitrogens with zero attached hydrogens (tertiary/aromatic N) is 2. The summed E-state index contributed by atoms with van der Waals surface area (Å²) in [5.74, 6) is 0.703. The highest BCUT2D eigenvalue weighted by molar-refractivity contribution is 7.93. The molecule has 0 aliphatic heterocycles. The van der Waals surface area contributed by atoms with Crippen molar-refractivity contribution in [3.63, 3.8) is 0 Å². The van der Waals surface area contributed by atoms with Gasteiger partial charge in [0.1, 0.15) is 5.82 Å². The maximum absolute atomic E-state index is 12.3. The number of benzene rings is 1. The van der Waals surface area contributed by atoms with Gasteiger partial charge in [0.15, 0.2) is 0 Å². The minimum atomic E-state index is -3.52. The highest BCUT2D eigenvalue weighted by Crippen LogP contribution is 2.24. The van der Waals surface area contributed by atoms with Gasteiger partial charge in [0.2, 0.25) is 14.2 Å². The zero-order chi connectivity index (χ0) is 13.3. The van der Waals surface area contributed by atoms with Gasteiger partial charge < -0.3 is 0 Å². The minimum absolute atomic E-state index is 0.0649. The van der Waals surface area contributed by atoms with Gasteiger partial charge in [0.05, 0.1) is 4.90 Å². The first-order chi connectivity index (χ1) is 8.41. The summed E-state index contributed by atoms with van der Waals surface area (Å²) in [5, 5.41) is 0. The summed E-state index contributed by atoms with van der Waals surface area (Å²) in [7, 11) is -3.52. The van der Waals surface area contributed by atoms with Crippen molar-refractivity contribution >= 4 is 21.4 Å². The first kappa shape index (κ1) is 13.2. The van der Waals surface area contributed by atoms with E-state index in [1.54, 1.807) is 24.3 Å². The Morgan fingerprint density at radius 1 is 1.17 bits per heavy atom. The van der Waals surface area contributed by atoms with Crippen LogP contribution in [0.15, 0.2) is 33.5 Å². The van der Waals surface area contributed by atoms with E-state index in [0.29, 0.717) is 5.82 Å². The summed E-state index contributed by atoms with van der Waals surface area (Å²) in [4.78, 5) is 4.36. The molecule has 1 heterocycles. The van der Waals surface area contributed by atoms with Crippen molar-refractivity contribution < 1.29 is 8.42 Å². The second kappa shape index (κ2) is 4.78. The zero-order valence-electron chi connectivity index (χ0n) is 10.4. The Kier molecular flexibility index (Phi) is 3.49. The number of sulfone groups is 1. The van der Waals surface area contributed by atoms with Crippen LogP contribution >= 0.6 is 11.5 Å². The van der Waals surface area contributed by atoms with Gasteiger partial charge in [-0.15, -0.1) is 0 Å². The molecule has 0 aliphatic rings. The van der Waals surface area contributed by atoms with Crippen LogP contribution in [0.5, 0.6) is 0 Å². The SMILES string of the molecule is Cc1ccc(S(=O)(=O)c2nc(C(C)C)ns2)cc1. The monoisotopic (exact) mass is 282 g/mol. The molecule has 0 bridgehead atoms. The van der Waals surface area contributed by atoms with Crippen LogP contribution in [-0.4, -0.2) is 17.8 Å². The third-order valence-corrected chi connectivity index (χ3v) is 5.35. The highest BCUT2D eigenvalue weighted by atomic mass is 32.2. The Hall–Kier alpha value is -1.27. The second-order valence-electron chi connectivity index (χ2n) is 4.39. The van der Waals surface area contributed by atoms with E-state index in [4.69, 9.17) is 0 Å². The summed E-state index contributed by atoms with van der Waals surface area (Å²) in [6.07, 6.45) is 0. The highest BCUT2D eigenvalue weighted by Gasteiger charge is 2.23. The Morgan fingerprint density at radius 2 is 1.78 bits per heavy atom. The van der Waals surface area contributed by atoms with E-state index < -0.39 is 9.84 Å². The van der Waals surface area contributed by atoms with Crippen molar-refractivity contribution in [1.29, 1.82) is 0 Å². The van der Waals surface area contributed by atoms with E-state index in [2.05, 4.69) is 9.36 Å². The summed E-state index contributed by atoms with van der Waals surface area (Å²) < 4.78 is 28.7. The van der Waals surface area contributed by atoms with Crippen molar-refractivity contribution in [2.45, 2.75) is 35.9 Å². The molecule has 2 aromatic rings. The topological polar surface area (TPSA) is 59.9 Å². The van der Waals surface area contributed by atoms with Gasteiger partial charge in [0.25, 0.3) is 0 Å². The first-order valence-corrected chi connectivity index (χ1v) is 7.82. The van der Waals surface area contributed by atoms with Crippen molar-refractivity contribution in [3.05, 3.63) is 35.7 Å². The smallest absolute Gasteiger partial charge is 0.216 e. The molecule has 4 nitrogen and oxygen atoms in total. The first-order valence-electron chi connectivity index (χ1n) is 5.56. The van der Waals surface area contributed by atoms with E-state index in [9.17, 15) is 8.42 Å². The molecular weight excluding hydrogens is 268 g/mol. The van der Waals surface area contributed by atoms with Crippen LogP contribution in [0.2, 0.25) is 0 Å². The molecule has 0 amide bonds. The van der Waals surface area contributed by atoms with Gasteiger partial charge in [-0.1, -0.05) is 31.5 Å². The molecule has 1 aromatic heterocycles. The van der Waals surface area contributed by atoms with Crippen molar-refractivity contribution in [3.8, 4) is 0 Å². The van der Waals surface area contributed by atoms with E-state index in [1.165, 1.54) is 0 Å². The minimum Gasteiger partial charge on any atom is -0.216 e. The quantitative estimate of drug-likeness (QED) is 0.868. The Labute approximate surface area is 111 Å². The molecule has 18 heavy (non-hydrogen) atoms. The molecule has 6 heteroatoms. The standard InChI is InChI=1S/C12H14N2O2S2/c1-8(2)11-13-12(17-14-11)18(15,16)10-6-4-9(3)5-7-10/h4-8H,1-3H3. The lowest BCUT2D eigenvalue weighted by Crippen LogP contribution is -2.02. The number of hydrogen-bond donors (Lipinski definition) is 0. The summed E-state index contributed by atoms with van der Waals surface area (Å²) in [5.41, 5.74) is 1.02. The van der Waals surface area contributed by atoms with Crippen LogP contribution in [0, 0.1) is 6.92 Å². The number of hydrogen-bond acceptors (Lipinski definition) is 5. The normalized spacial score (nSPS) is 12.0. The molecule has 0 unspecified atom stereocenters. The lowest BCUT2D eigenvalue weighted by atomic mass is 10.2. The van der Waals surface area contributed by atoms with Crippen LogP contribution in [0.25, 0.3) is 0 Å². The fourth-order valence-corrected chi connectivity index (χ4v) is 3.64. The molecule has 0 aliphatic carbocycles. The van der Waals surface area contributed by atoms with Gasteiger partial charge in [-0.05, 0) is 30.6 Å². The third kappa shape index (κ3) is 2.44. The van der Waals surface area contributed by atoms with Gasteiger partial charge >= 0.3 is 0 Å². The summed E-state index contributed by atoms with van der Waals surface area (Å²) >= 11 is 0.935. The lowest BCUT2D eigenvalue weighted by molar-refractivity contribution is 0.594. The lowest BCUT2D eigenvalue weighted by Gasteiger charge is -2.00. The third-order valence-electron chi connectivity index (χ3n) is 2.50.